The highest BCUT2D eigenvalue weighted by Gasteiger charge is 2.41. The Bertz CT molecular complexity index is 764. The summed E-state index contributed by atoms with van der Waals surface area (Å²) in [5, 5.41) is 0. The summed E-state index contributed by atoms with van der Waals surface area (Å²) < 4.78 is 19.0. The van der Waals surface area contributed by atoms with Gasteiger partial charge in [0.1, 0.15) is 0 Å². The van der Waals surface area contributed by atoms with Crippen molar-refractivity contribution in [2.45, 2.75) is 199 Å². The van der Waals surface area contributed by atoms with Crippen LogP contribution in [-0.2, 0) is 14.2 Å². The summed E-state index contributed by atoms with van der Waals surface area (Å²) in [6.45, 7) is 8.96. The molecule has 1 unspecified atom stereocenters. The van der Waals surface area contributed by atoms with Crippen molar-refractivity contribution in [3.8, 4) is 0 Å². The minimum atomic E-state index is -0.355. The van der Waals surface area contributed by atoms with Crippen LogP contribution in [0.1, 0.15) is 187 Å². The van der Waals surface area contributed by atoms with Gasteiger partial charge >= 0.3 is 0 Å². The van der Waals surface area contributed by atoms with Gasteiger partial charge < -0.3 is 14.2 Å². The molecule has 2 fully saturated rings. The molecule has 0 N–H and O–H groups in total. The number of hydrogen-bond donors (Lipinski definition) is 0. The third-order valence-corrected chi connectivity index (χ3v) is 9.93. The Morgan fingerprint density at radius 3 is 1.48 bits per heavy atom. The molecule has 0 saturated carbocycles. The highest BCUT2D eigenvalue weighted by atomic mass is 16.7. The van der Waals surface area contributed by atoms with Crippen LogP contribution in [0.5, 0.6) is 0 Å². The zero-order chi connectivity index (χ0) is 34.1. The van der Waals surface area contributed by atoms with Crippen molar-refractivity contribution in [1.29, 1.82) is 0 Å². The largest absolute Gasteiger partial charge is 0.366 e. The number of unbranched alkanes of at least 4 members (excludes halogenated alkanes) is 18. The summed E-state index contributed by atoms with van der Waals surface area (Å²) >= 11 is 0. The maximum Gasteiger partial charge on any atom is 0.168 e. The zero-order valence-corrected chi connectivity index (χ0v) is 32.0. The van der Waals surface area contributed by atoms with Gasteiger partial charge in [-0.3, -0.25) is 4.90 Å². The average molecular weight is 670 g/mol. The van der Waals surface area contributed by atoms with E-state index in [4.69, 9.17) is 14.2 Å². The molecule has 4 nitrogen and oxygen atoms in total. The van der Waals surface area contributed by atoms with Crippen molar-refractivity contribution in [3.63, 3.8) is 0 Å². The van der Waals surface area contributed by atoms with Gasteiger partial charge in [-0.05, 0) is 83.5 Å². The van der Waals surface area contributed by atoms with Crippen LogP contribution in [-0.4, -0.2) is 49.8 Å². The zero-order valence-electron chi connectivity index (χ0n) is 32.0. The first-order valence-electron chi connectivity index (χ1n) is 21.0. The van der Waals surface area contributed by atoms with Crippen molar-refractivity contribution >= 4 is 0 Å². The van der Waals surface area contributed by atoms with Crippen LogP contribution in [0.3, 0.4) is 0 Å². The van der Waals surface area contributed by atoms with E-state index in [2.05, 4.69) is 67.4 Å². The molecule has 0 aromatic heterocycles. The molecular formula is C44H79NO3. The van der Waals surface area contributed by atoms with Crippen molar-refractivity contribution in [3.05, 3.63) is 48.6 Å². The third kappa shape index (κ3) is 24.0. The highest BCUT2D eigenvalue weighted by Crippen LogP contribution is 2.35. The number of rotatable bonds is 32. The van der Waals surface area contributed by atoms with Gasteiger partial charge in [0.05, 0.1) is 19.4 Å². The van der Waals surface area contributed by atoms with E-state index in [1.54, 1.807) is 0 Å². The minimum absolute atomic E-state index is 0.181. The van der Waals surface area contributed by atoms with Crippen molar-refractivity contribution in [2.24, 2.45) is 0 Å². The van der Waals surface area contributed by atoms with Gasteiger partial charge in [-0.2, -0.15) is 0 Å². The summed E-state index contributed by atoms with van der Waals surface area (Å²) in [6, 6.07) is 0. The molecule has 278 valence electrons. The third-order valence-electron chi connectivity index (χ3n) is 9.93. The molecule has 0 aliphatic carbocycles. The van der Waals surface area contributed by atoms with Crippen molar-refractivity contribution in [2.75, 3.05) is 33.0 Å². The maximum absolute atomic E-state index is 6.76. The monoisotopic (exact) mass is 670 g/mol. The normalized spacial score (nSPS) is 18.9. The molecular weight excluding hydrogens is 590 g/mol. The number of hydrogen-bond acceptors (Lipinski definition) is 4. The molecule has 4 heteroatoms. The van der Waals surface area contributed by atoms with Crippen LogP contribution in [0.25, 0.3) is 0 Å². The van der Waals surface area contributed by atoms with Crippen LogP contribution in [0.4, 0.5) is 0 Å². The van der Waals surface area contributed by atoms with Crippen LogP contribution in [0, 0.1) is 0 Å². The molecule has 0 radical (unpaired) electrons. The number of ether oxygens (including phenoxy) is 3. The molecule has 2 rings (SSSR count). The summed E-state index contributed by atoms with van der Waals surface area (Å²) in [7, 11) is 0. The van der Waals surface area contributed by atoms with E-state index in [9.17, 15) is 0 Å². The highest BCUT2D eigenvalue weighted by molar-refractivity contribution is 4.93. The summed E-state index contributed by atoms with van der Waals surface area (Å²) in [5.41, 5.74) is 0. The lowest BCUT2D eigenvalue weighted by atomic mass is 9.98. The molecule has 0 spiro atoms. The van der Waals surface area contributed by atoms with Gasteiger partial charge in [0.2, 0.25) is 0 Å². The van der Waals surface area contributed by atoms with E-state index in [-0.39, 0.29) is 11.9 Å². The van der Waals surface area contributed by atoms with Crippen molar-refractivity contribution < 1.29 is 14.2 Å². The molecule has 1 atom stereocenters. The van der Waals surface area contributed by atoms with Crippen LogP contribution in [0.2, 0.25) is 0 Å². The first-order valence-corrected chi connectivity index (χ1v) is 21.0. The van der Waals surface area contributed by atoms with Gasteiger partial charge in [0.15, 0.2) is 5.79 Å². The second kappa shape index (κ2) is 31.8. The van der Waals surface area contributed by atoms with E-state index in [0.29, 0.717) is 0 Å². The molecule has 0 aromatic carbocycles. The minimum Gasteiger partial charge on any atom is -0.366 e. The van der Waals surface area contributed by atoms with Crippen LogP contribution < -0.4 is 0 Å². The Labute approximate surface area is 299 Å². The fourth-order valence-corrected chi connectivity index (χ4v) is 6.94. The Hall–Kier alpha value is -1.20. The standard InChI is InChI=1S/C44H79NO3/c1-3-5-7-9-11-13-15-17-19-21-23-25-27-29-31-33-36-44(47-41-43(48-44)40-45-38-35-39-46-42-45)37-34-32-30-28-26-24-22-20-18-16-14-12-10-8-6-4-2/h11-14,17-20,43H,3-10,15-16,21-42H2,1-2H3/b13-11-,14-12-,19-17-,20-18-. The van der Waals surface area contributed by atoms with E-state index in [1.807, 2.05) is 0 Å². The SMILES string of the molecule is CCCCC/C=C\C/C=C\CCCCCCCCC1(CCCCCCCC/C=C\C/C=C\CCCCC)OCC(CN2CCCOC2)O1. The van der Waals surface area contributed by atoms with Crippen LogP contribution >= 0.6 is 0 Å². The Balaban J connectivity index is 1.56. The maximum atomic E-state index is 6.76. The lowest BCUT2D eigenvalue weighted by Crippen LogP contribution is -2.40. The second-order valence-electron chi connectivity index (χ2n) is 14.6. The van der Waals surface area contributed by atoms with Crippen LogP contribution in [0.15, 0.2) is 48.6 Å². The Kier molecular flexibility index (Phi) is 28.4. The molecule has 2 heterocycles. The topological polar surface area (TPSA) is 30.9 Å². The molecule has 2 aliphatic heterocycles. The van der Waals surface area contributed by atoms with E-state index >= 15 is 0 Å². The summed E-state index contributed by atoms with van der Waals surface area (Å²) in [5.74, 6) is -0.355. The van der Waals surface area contributed by atoms with E-state index in [1.165, 1.54) is 141 Å². The Morgan fingerprint density at radius 1 is 0.562 bits per heavy atom. The molecule has 48 heavy (non-hydrogen) atoms. The van der Waals surface area contributed by atoms with Gasteiger partial charge in [-0.25, -0.2) is 0 Å². The van der Waals surface area contributed by atoms with E-state index in [0.717, 1.165) is 65.1 Å². The average Bonchev–Trinajstić information content (AvgIpc) is 3.50. The second-order valence-corrected chi connectivity index (χ2v) is 14.6. The lowest BCUT2D eigenvalue weighted by Gasteiger charge is -2.31. The quantitative estimate of drug-likeness (QED) is 0.0527. The van der Waals surface area contributed by atoms with Gasteiger partial charge in [0.25, 0.3) is 0 Å². The Morgan fingerprint density at radius 2 is 1.02 bits per heavy atom. The molecule has 2 aliphatic rings. The fourth-order valence-electron chi connectivity index (χ4n) is 6.94. The molecule has 2 saturated heterocycles. The number of nitrogens with zero attached hydrogens (tertiary/aromatic N) is 1. The predicted molar refractivity (Wildman–Crippen MR) is 209 cm³/mol. The molecule has 0 bridgehead atoms. The fraction of sp³-hybridized carbons (Fsp3) is 0.818. The summed E-state index contributed by atoms with van der Waals surface area (Å²) in [6.07, 6.45) is 53.1. The van der Waals surface area contributed by atoms with Gasteiger partial charge in [-0.15, -0.1) is 0 Å². The molecule has 0 amide bonds. The smallest absolute Gasteiger partial charge is 0.168 e. The van der Waals surface area contributed by atoms with Gasteiger partial charge in [0, 0.05) is 32.5 Å². The first kappa shape index (κ1) is 43.0. The van der Waals surface area contributed by atoms with Crippen molar-refractivity contribution in [1.82, 2.24) is 4.90 Å². The van der Waals surface area contributed by atoms with Gasteiger partial charge in [-0.1, -0.05) is 140 Å². The summed E-state index contributed by atoms with van der Waals surface area (Å²) in [4.78, 5) is 2.40. The molecule has 0 aromatic rings. The van der Waals surface area contributed by atoms with E-state index < -0.39 is 0 Å². The predicted octanol–water partition coefficient (Wildman–Crippen LogP) is 13.2. The lowest BCUT2D eigenvalue weighted by molar-refractivity contribution is -0.182. The first-order chi connectivity index (χ1) is 23.8. The number of allylic oxidation sites excluding steroid dienone is 8.